The summed E-state index contributed by atoms with van der Waals surface area (Å²) in [6, 6.07) is 13.1. The molecule has 0 amide bonds. The summed E-state index contributed by atoms with van der Waals surface area (Å²) < 4.78 is 0. The van der Waals surface area contributed by atoms with E-state index in [0.29, 0.717) is 11.8 Å². The van der Waals surface area contributed by atoms with E-state index in [1.807, 2.05) is 0 Å². The molecule has 0 saturated heterocycles. The van der Waals surface area contributed by atoms with Crippen molar-refractivity contribution >= 4 is 22.8 Å². The molecule has 1 nitrogen and oxygen atoms in total. The van der Waals surface area contributed by atoms with E-state index < -0.39 is 0 Å². The smallest absolute Gasteiger partial charge is 0.123 e. The van der Waals surface area contributed by atoms with Gasteiger partial charge >= 0.3 is 0 Å². The second-order valence-electron chi connectivity index (χ2n) is 5.87. The van der Waals surface area contributed by atoms with Crippen LogP contribution in [0.2, 0.25) is 0 Å². The van der Waals surface area contributed by atoms with Crippen LogP contribution in [-0.2, 0) is 4.79 Å². The van der Waals surface area contributed by atoms with Crippen molar-refractivity contribution in [1.29, 1.82) is 0 Å². The summed E-state index contributed by atoms with van der Waals surface area (Å²) in [6.45, 7) is 0. The van der Waals surface area contributed by atoms with E-state index in [0.717, 1.165) is 24.8 Å². The van der Waals surface area contributed by atoms with Gasteiger partial charge in [0.05, 0.1) is 0 Å². The topological polar surface area (TPSA) is 17.1 Å². The molecule has 2 atom stereocenters. The van der Waals surface area contributed by atoms with Gasteiger partial charge in [0.1, 0.15) is 5.94 Å². The molecule has 0 aliphatic heterocycles. The molecule has 2 aliphatic rings. The maximum absolute atomic E-state index is 10.9. The largest absolute Gasteiger partial charge is 0.234 e. The number of hydrogen-bond acceptors (Lipinski definition) is 1. The van der Waals surface area contributed by atoms with Crippen molar-refractivity contribution < 1.29 is 4.79 Å². The third kappa shape index (κ3) is 1.67. The molecule has 0 aromatic heterocycles. The molecular weight excluding hydrogens is 244 g/mol. The number of fused-ring (bicyclic) bond motifs is 5. The van der Waals surface area contributed by atoms with Gasteiger partial charge in [-0.1, -0.05) is 48.6 Å². The Morgan fingerprint density at radius 1 is 1.10 bits per heavy atom. The summed E-state index contributed by atoms with van der Waals surface area (Å²) in [6.07, 6.45) is 7.43. The summed E-state index contributed by atoms with van der Waals surface area (Å²) in [5, 5.41) is 2.65. The third-order valence-corrected chi connectivity index (χ3v) is 4.81. The van der Waals surface area contributed by atoms with Crippen molar-refractivity contribution in [1.82, 2.24) is 0 Å². The molecule has 2 aromatic carbocycles. The lowest BCUT2D eigenvalue weighted by Crippen LogP contribution is -2.21. The maximum Gasteiger partial charge on any atom is 0.123 e. The van der Waals surface area contributed by atoms with Crippen LogP contribution in [0.1, 0.15) is 36.3 Å². The average Bonchev–Trinajstić information content (AvgIpc) is 2.53. The molecule has 2 unspecified atom stereocenters. The summed E-state index contributed by atoms with van der Waals surface area (Å²) in [7, 11) is 0. The van der Waals surface area contributed by atoms with E-state index >= 15 is 0 Å². The van der Waals surface area contributed by atoms with Gasteiger partial charge in [-0.3, -0.25) is 0 Å². The van der Waals surface area contributed by atoms with Crippen molar-refractivity contribution in [2.75, 3.05) is 0 Å². The summed E-state index contributed by atoms with van der Waals surface area (Å²) >= 11 is 0. The second kappa shape index (κ2) is 4.47. The summed E-state index contributed by atoms with van der Waals surface area (Å²) in [4.78, 5) is 10.9. The van der Waals surface area contributed by atoms with Crippen molar-refractivity contribution in [2.24, 2.45) is 5.92 Å². The predicted molar refractivity (Wildman–Crippen MR) is 82.3 cm³/mol. The Balaban J connectivity index is 1.87. The van der Waals surface area contributed by atoms with E-state index in [4.69, 9.17) is 0 Å². The minimum atomic E-state index is 0.480. The monoisotopic (exact) mass is 260 g/mol. The van der Waals surface area contributed by atoms with Gasteiger partial charge < -0.3 is 0 Å². The quantitative estimate of drug-likeness (QED) is 0.637. The molecule has 0 N–H and O–H groups in total. The van der Waals surface area contributed by atoms with Crippen LogP contribution in [-0.4, -0.2) is 5.94 Å². The van der Waals surface area contributed by atoms with Gasteiger partial charge in [0, 0.05) is 5.57 Å². The zero-order valence-corrected chi connectivity index (χ0v) is 11.3. The Morgan fingerprint density at radius 2 is 2.00 bits per heavy atom. The van der Waals surface area contributed by atoms with Crippen LogP contribution >= 0.6 is 0 Å². The number of rotatable bonds is 0. The average molecular weight is 260 g/mol. The van der Waals surface area contributed by atoms with Crippen molar-refractivity contribution in [3.63, 3.8) is 0 Å². The van der Waals surface area contributed by atoms with Crippen molar-refractivity contribution in [3.05, 3.63) is 59.2 Å². The van der Waals surface area contributed by atoms with Gasteiger partial charge in [0.25, 0.3) is 0 Å². The third-order valence-electron chi connectivity index (χ3n) is 4.81. The predicted octanol–water partition coefficient (Wildman–Crippen LogP) is 4.51. The zero-order valence-electron chi connectivity index (χ0n) is 11.3. The van der Waals surface area contributed by atoms with Crippen LogP contribution in [0.4, 0.5) is 0 Å². The van der Waals surface area contributed by atoms with Crippen LogP contribution < -0.4 is 0 Å². The normalized spacial score (nSPS) is 24.1. The number of hydrogen-bond donors (Lipinski definition) is 0. The fourth-order valence-electron chi connectivity index (χ4n) is 3.80. The molecule has 2 aliphatic carbocycles. The second-order valence-corrected chi connectivity index (χ2v) is 5.87. The molecule has 2 aromatic rings. The first kappa shape index (κ1) is 11.7. The van der Waals surface area contributed by atoms with Gasteiger partial charge in [-0.25, -0.2) is 4.79 Å². The fraction of sp³-hybridized carbons (Fsp3) is 0.263. The molecule has 0 bridgehead atoms. The molecule has 0 radical (unpaired) electrons. The Morgan fingerprint density at radius 3 is 2.90 bits per heavy atom. The first-order chi connectivity index (χ1) is 9.86. The molecule has 0 spiro atoms. The van der Waals surface area contributed by atoms with E-state index in [9.17, 15) is 4.79 Å². The number of benzene rings is 2. The molecule has 0 heterocycles. The van der Waals surface area contributed by atoms with Gasteiger partial charge in [-0.05, 0) is 53.0 Å². The number of carbonyl (C=O) groups excluding carboxylic acids is 1. The molecule has 1 heteroatoms. The molecule has 1 saturated carbocycles. The van der Waals surface area contributed by atoms with E-state index in [1.54, 1.807) is 0 Å². The highest BCUT2D eigenvalue weighted by molar-refractivity contribution is 5.92. The van der Waals surface area contributed by atoms with Gasteiger partial charge in [0.15, 0.2) is 0 Å². The molecule has 20 heavy (non-hydrogen) atoms. The molecular formula is C19H16O. The standard InChI is InChI=1S/C19H16O/c20-12-13-5-8-17-15(11-13)7-10-18-16-4-2-1-3-14(16)6-9-19(17)18/h1-4,6-7,9-10,15,17H,5,8,11H2. The van der Waals surface area contributed by atoms with Gasteiger partial charge in [-0.2, -0.15) is 0 Å². The van der Waals surface area contributed by atoms with Gasteiger partial charge in [-0.15, -0.1) is 0 Å². The highest BCUT2D eigenvalue weighted by Crippen LogP contribution is 2.46. The minimum Gasteiger partial charge on any atom is -0.234 e. The van der Waals surface area contributed by atoms with Crippen molar-refractivity contribution in [2.45, 2.75) is 25.2 Å². The van der Waals surface area contributed by atoms with Crippen LogP contribution in [0.3, 0.4) is 0 Å². The Kier molecular flexibility index (Phi) is 2.61. The first-order valence-corrected chi connectivity index (χ1v) is 7.29. The first-order valence-electron chi connectivity index (χ1n) is 7.29. The maximum atomic E-state index is 10.9. The lowest BCUT2D eigenvalue weighted by molar-refractivity contribution is 0.420. The van der Waals surface area contributed by atoms with Crippen LogP contribution in [0, 0.1) is 5.92 Å². The zero-order chi connectivity index (χ0) is 13.5. The summed E-state index contributed by atoms with van der Waals surface area (Å²) in [5.41, 5.74) is 3.80. The van der Waals surface area contributed by atoms with Crippen LogP contribution in [0.5, 0.6) is 0 Å². The Labute approximate surface area is 118 Å². The summed E-state index contributed by atoms with van der Waals surface area (Å²) in [5.74, 6) is 3.17. The lowest BCUT2D eigenvalue weighted by Gasteiger charge is -2.34. The van der Waals surface area contributed by atoms with Crippen LogP contribution in [0.25, 0.3) is 16.8 Å². The molecule has 1 fully saturated rings. The van der Waals surface area contributed by atoms with E-state index in [1.165, 1.54) is 21.9 Å². The minimum absolute atomic E-state index is 0.480. The van der Waals surface area contributed by atoms with E-state index in [2.05, 4.69) is 54.5 Å². The van der Waals surface area contributed by atoms with Crippen molar-refractivity contribution in [3.8, 4) is 0 Å². The van der Waals surface area contributed by atoms with E-state index in [-0.39, 0.29) is 0 Å². The SMILES string of the molecule is O=C=C1CCC2c3ccc4ccccc4c3C=CC2C1. The molecule has 98 valence electrons. The fourth-order valence-corrected chi connectivity index (χ4v) is 3.80. The van der Waals surface area contributed by atoms with Crippen LogP contribution in [0.15, 0.2) is 48.0 Å². The lowest BCUT2D eigenvalue weighted by atomic mass is 9.69. The highest BCUT2D eigenvalue weighted by atomic mass is 16.1. The Bertz CT molecular complexity index is 762. The number of allylic oxidation sites excluding steroid dienone is 2. The Hall–Kier alpha value is -2.11. The highest BCUT2D eigenvalue weighted by Gasteiger charge is 2.31. The van der Waals surface area contributed by atoms with Gasteiger partial charge in [0.2, 0.25) is 0 Å². The molecule has 4 rings (SSSR count).